The van der Waals surface area contributed by atoms with Crippen LogP contribution in [0.25, 0.3) is 0 Å². The lowest BCUT2D eigenvalue weighted by Crippen LogP contribution is -2.19. The number of benzene rings is 2. The molecule has 0 aliphatic rings. The molecule has 100 valence electrons. The van der Waals surface area contributed by atoms with E-state index in [1.807, 2.05) is 43.4 Å². The zero-order chi connectivity index (χ0) is 13.7. The lowest BCUT2D eigenvalue weighted by Gasteiger charge is -2.18. The van der Waals surface area contributed by atoms with E-state index in [0.29, 0.717) is 5.02 Å². The monoisotopic (exact) mass is 311 g/mol. The second kappa shape index (κ2) is 7.20. The van der Waals surface area contributed by atoms with Gasteiger partial charge in [-0.15, -0.1) is 11.8 Å². The van der Waals surface area contributed by atoms with Crippen molar-refractivity contribution in [3.8, 4) is 0 Å². The number of hydrogen-bond acceptors (Lipinski definition) is 2. The SMILES string of the molecule is CNC(CSc1ccccc1)c1cc(Cl)ccc1Cl. The van der Waals surface area contributed by atoms with Crippen LogP contribution >= 0.6 is 35.0 Å². The average Bonchev–Trinajstić information content (AvgIpc) is 2.44. The van der Waals surface area contributed by atoms with Gasteiger partial charge in [-0.25, -0.2) is 0 Å². The Bertz CT molecular complexity index is 531. The van der Waals surface area contributed by atoms with Crippen LogP contribution in [0.5, 0.6) is 0 Å². The summed E-state index contributed by atoms with van der Waals surface area (Å²) in [5.74, 6) is 0.903. The summed E-state index contributed by atoms with van der Waals surface area (Å²) >= 11 is 14.1. The lowest BCUT2D eigenvalue weighted by atomic mass is 10.1. The molecule has 0 saturated heterocycles. The van der Waals surface area contributed by atoms with Gasteiger partial charge in [0.1, 0.15) is 0 Å². The standard InChI is InChI=1S/C15H15Cl2NS/c1-18-15(10-19-12-5-3-2-4-6-12)13-9-11(16)7-8-14(13)17/h2-9,15,18H,10H2,1H3. The third-order valence-electron chi connectivity index (χ3n) is 2.84. The molecule has 2 aromatic carbocycles. The van der Waals surface area contributed by atoms with Crippen molar-refractivity contribution in [1.29, 1.82) is 0 Å². The van der Waals surface area contributed by atoms with Crippen LogP contribution in [-0.4, -0.2) is 12.8 Å². The van der Waals surface area contributed by atoms with Crippen molar-refractivity contribution in [3.05, 3.63) is 64.1 Å². The first kappa shape index (κ1) is 14.7. The molecule has 4 heteroatoms. The van der Waals surface area contributed by atoms with Gasteiger partial charge >= 0.3 is 0 Å². The summed E-state index contributed by atoms with van der Waals surface area (Å²) in [7, 11) is 1.94. The smallest absolute Gasteiger partial charge is 0.0455 e. The van der Waals surface area contributed by atoms with Gasteiger partial charge in [0.25, 0.3) is 0 Å². The first-order valence-corrected chi connectivity index (χ1v) is 7.75. The third-order valence-corrected chi connectivity index (χ3v) is 4.53. The molecule has 0 bridgehead atoms. The molecular weight excluding hydrogens is 297 g/mol. The van der Waals surface area contributed by atoms with Gasteiger partial charge < -0.3 is 5.32 Å². The largest absolute Gasteiger partial charge is 0.312 e. The van der Waals surface area contributed by atoms with E-state index in [1.54, 1.807) is 11.8 Å². The quantitative estimate of drug-likeness (QED) is 0.776. The zero-order valence-electron chi connectivity index (χ0n) is 10.6. The minimum atomic E-state index is 0.177. The Hall–Kier alpha value is -0.670. The predicted molar refractivity (Wildman–Crippen MR) is 85.4 cm³/mol. The number of nitrogens with one attached hydrogen (secondary N) is 1. The average molecular weight is 312 g/mol. The second-order valence-corrected chi connectivity index (χ2v) is 6.07. The molecule has 19 heavy (non-hydrogen) atoms. The maximum absolute atomic E-state index is 6.24. The molecule has 0 heterocycles. The molecule has 0 radical (unpaired) electrons. The molecule has 0 amide bonds. The maximum Gasteiger partial charge on any atom is 0.0455 e. The van der Waals surface area contributed by atoms with Gasteiger partial charge in [0.15, 0.2) is 0 Å². The first-order chi connectivity index (χ1) is 9.20. The Balaban J connectivity index is 2.10. The van der Waals surface area contributed by atoms with E-state index in [9.17, 15) is 0 Å². The normalized spacial score (nSPS) is 12.4. The van der Waals surface area contributed by atoms with Crippen LogP contribution in [0.1, 0.15) is 11.6 Å². The van der Waals surface area contributed by atoms with Crippen LogP contribution in [0, 0.1) is 0 Å². The Labute approximate surface area is 128 Å². The molecule has 0 spiro atoms. The number of rotatable bonds is 5. The Morgan fingerprint density at radius 2 is 1.84 bits per heavy atom. The van der Waals surface area contributed by atoms with E-state index in [0.717, 1.165) is 16.3 Å². The van der Waals surface area contributed by atoms with Gasteiger partial charge in [0, 0.05) is 26.7 Å². The van der Waals surface area contributed by atoms with E-state index in [2.05, 4.69) is 17.4 Å². The zero-order valence-corrected chi connectivity index (χ0v) is 12.9. The Morgan fingerprint density at radius 1 is 1.11 bits per heavy atom. The maximum atomic E-state index is 6.24. The molecule has 0 aromatic heterocycles. The van der Waals surface area contributed by atoms with Crippen molar-refractivity contribution in [3.63, 3.8) is 0 Å². The van der Waals surface area contributed by atoms with Crippen molar-refractivity contribution < 1.29 is 0 Å². The summed E-state index contributed by atoms with van der Waals surface area (Å²) < 4.78 is 0. The van der Waals surface area contributed by atoms with E-state index >= 15 is 0 Å². The van der Waals surface area contributed by atoms with Crippen molar-refractivity contribution in [2.24, 2.45) is 0 Å². The predicted octanol–water partition coefficient (Wildman–Crippen LogP) is 5.05. The Morgan fingerprint density at radius 3 is 2.53 bits per heavy atom. The molecule has 0 aliphatic heterocycles. The van der Waals surface area contributed by atoms with Crippen molar-refractivity contribution >= 4 is 35.0 Å². The molecule has 1 N–H and O–H groups in total. The molecular formula is C15H15Cl2NS. The number of halogens is 2. The topological polar surface area (TPSA) is 12.0 Å². The van der Waals surface area contributed by atoms with Crippen LogP contribution in [0.15, 0.2) is 53.4 Å². The van der Waals surface area contributed by atoms with Gasteiger partial charge in [0.05, 0.1) is 0 Å². The summed E-state index contributed by atoms with van der Waals surface area (Å²) in [6, 6.07) is 16.1. The molecule has 0 saturated carbocycles. The van der Waals surface area contributed by atoms with Crippen molar-refractivity contribution in [2.45, 2.75) is 10.9 Å². The van der Waals surface area contributed by atoms with Crippen LogP contribution in [0.3, 0.4) is 0 Å². The molecule has 2 rings (SSSR count). The molecule has 2 aromatic rings. The second-order valence-electron chi connectivity index (χ2n) is 4.13. The van der Waals surface area contributed by atoms with E-state index in [1.165, 1.54) is 4.90 Å². The van der Waals surface area contributed by atoms with E-state index in [-0.39, 0.29) is 6.04 Å². The van der Waals surface area contributed by atoms with Gasteiger partial charge in [-0.2, -0.15) is 0 Å². The minimum Gasteiger partial charge on any atom is -0.312 e. The van der Waals surface area contributed by atoms with Crippen LogP contribution < -0.4 is 5.32 Å². The fraction of sp³-hybridized carbons (Fsp3) is 0.200. The fourth-order valence-electron chi connectivity index (χ4n) is 1.81. The molecule has 0 aliphatic carbocycles. The van der Waals surface area contributed by atoms with Crippen LogP contribution in [0.2, 0.25) is 10.0 Å². The molecule has 1 atom stereocenters. The summed E-state index contributed by atoms with van der Waals surface area (Å²) in [5, 5.41) is 4.75. The highest BCUT2D eigenvalue weighted by molar-refractivity contribution is 7.99. The highest BCUT2D eigenvalue weighted by atomic mass is 35.5. The molecule has 1 unspecified atom stereocenters. The highest BCUT2D eigenvalue weighted by Crippen LogP contribution is 2.30. The fourth-order valence-corrected chi connectivity index (χ4v) is 3.29. The van der Waals surface area contributed by atoms with E-state index in [4.69, 9.17) is 23.2 Å². The molecule has 1 nitrogen and oxygen atoms in total. The Kier molecular flexibility index (Phi) is 5.59. The lowest BCUT2D eigenvalue weighted by molar-refractivity contribution is 0.662. The number of thioether (sulfide) groups is 1. The van der Waals surface area contributed by atoms with Gasteiger partial charge in [0.2, 0.25) is 0 Å². The van der Waals surface area contributed by atoms with Gasteiger partial charge in [-0.05, 0) is 42.9 Å². The van der Waals surface area contributed by atoms with Crippen molar-refractivity contribution in [1.82, 2.24) is 5.32 Å². The summed E-state index contributed by atoms with van der Waals surface area (Å²) in [5.41, 5.74) is 1.04. The van der Waals surface area contributed by atoms with E-state index < -0.39 is 0 Å². The highest BCUT2D eigenvalue weighted by Gasteiger charge is 2.13. The van der Waals surface area contributed by atoms with Crippen molar-refractivity contribution in [2.75, 3.05) is 12.8 Å². The minimum absolute atomic E-state index is 0.177. The summed E-state index contributed by atoms with van der Waals surface area (Å²) in [6.45, 7) is 0. The van der Waals surface area contributed by atoms with Crippen LogP contribution in [-0.2, 0) is 0 Å². The third kappa shape index (κ3) is 4.15. The summed E-state index contributed by atoms with van der Waals surface area (Å²) in [6.07, 6.45) is 0. The number of hydrogen-bond donors (Lipinski definition) is 1. The van der Waals surface area contributed by atoms with Gasteiger partial charge in [-0.1, -0.05) is 41.4 Å². The first-order valence-electron chi connectivity index (χ1n) is 6.01. The van der Waals surface area contributed by atoms with Crippen LogP contribution in [0.4, 0.5) is 0 Å². The summed E-state index contributed by atoms with van der Waals surface area (Å²) in [4.78, 5) is 1.25. The molecule has 0 fully saturated rings. The van der Waals surface area contributed by atoms with Gasteiger partial charge in [-0.3, -0.25) is 0 Å².